The van der Waals surface area contributed by atoms with Crippen LogP contribution in [-0.4, -0.2) is 0 Å². The van der Waals surface area contributed by atoms with E-state index >= 15 is 0 Å². The minimum absolute atomic E-state index is 0.0224. The third kappa shape index (κ3) is 9.07. The Bertz CT molecular complexity index is 5860. The summed E-state index contributed by atoms with van der Waals surface area (Å²) in [6, 6.07) is 80.3. The van der Waals surface area contributed by atoms with Gasteiger partial charge in [-0.1, -0.05) is 198 Å². The van der Waals surface area contributed by atoms with Crippen LogP contribution in [-0.2, 0) is 47.3 Å². The molecule has 0 bridgehead atoms. The Morgan fingerprint density at radius 1 is 0.229 bits per heavy atom. The van der Waals surface area contributed by atoms with Crippen LogP contribution in [0.4, 0.5) is 0 Å². The van der Waals surface area contributed by atoms with Gasteiger partial charge in [-0.3, -0.25) is 0 Å². The van der Waals surface area contributed by atoms with Crippen molar-refractivity contribution in [3.8, 4) is 56.2 Å². The van der Waals surface area contributed by atoms with Gasteiger partial charge in [0.05, 0.1) is 47.9 Å². The maximum absolute atomic E-state index is 2.58. The van der Waals surface area contributed by atoms with Gasteiger partial charge in [0.25, 0.3) is 22.8 Å². The minimum atomic E-state index is -0.0570. The van der Waals surface area contributed by atoms with Crippen molar-refractivity contribution in [3.05, 3.63) is 276 Å². The highest BCUT2D eigenvalue weighted by Crippen LogP contribution is 2.47. The van der Waals surface area contributed by atoms with Gasteiger partial charge in [0.15, 0.2) is 24.8 Å². The maximum Gasteiger partial charge on any atom is 0.259 e. The summed E-state index contributed by atoms with van der Waals surface area (Å²) in [5, 5.41) is 15.5. The number of hydrogen-bond donors (Lipinski definition) is 0. The summed E-state index contributed by atoms with van der Waals surface area (Å²) in [5.74, 6) is 0. The quantitative estimate of drug-likeness (QED) is 0.115. The van der Waals surface area contributed by atoms with Gasteiger partial charge in [0.1, 0.15) is 0 Å². The molecule has 18 rings (SSSR count). The number of fused-ring (bicyclic) bond motifs is 24. The molecule has 0 fully saturated rings. The first-order valence-electron chi connectivity index (χ1n) is 34.8. The molecule has 0 amide bonds. The average molecular weight is 1240 g/mol. The molecule has 4 aliphatic rings. The van der Waals surface area contributed by atoms with Crippen LogP contribution in [0.3, 0.4) is 0 Å². The van der Waals surface area contributed by atoms with Crippen LogP contribution in [0.25, 0.3) is 144 Å². The highest BCUT2D eigenvalue weighted by Gasteiger charge is 2.43. The second-order valence-corrected chi connectivity index (χ2v) is 32.2. The summed E-state index contributed by atoms with van der Waals surface area (Å²) >= 11 is 0. The molecule has 4 heteroatoms. The number of nitrogens with zero attached hydrogens (tertiary/aromatic N) is 4. The Kier molecular flexibility index (Phi) is 12.6. The van der Waals surface area contributed by atoms with E-state index in [9.17, 15) is 0 Å². The molecule has 0 radical (unpaired) electrons. The van der Waals surface area contributed by atoms with Crippen molar-refractivity contribution in [2.45, 2.75) is 130 Å². The Morgan fingerprint density at radius 2 is 0.594 bits per heavy atom. The fourth-order valence-corrected chi connectivity index (χ4v) is 16.7. The molecular formula is C92H82N4+4. The van der Waals surface area contributed by atoms with E-state index in [2.05, 4.69) is 332 Å². The average Bonchev–Trinajstić information content (AvgIpc) is 0.724. The predicted octanol–water partition coefficient (Wildman–Crippen LogP) is 21.2. The van der Waals surface area contributed by atoms with Crippen molar-refractivity contribution in [2.75, 3.05) is 0 Å². The molecule has 0 spiro atoms. The van der Waals surface area contributed by atoms with Crippen LogP contribution >= 0.6 is 0 Å². The first-order valence-corrected chi connectivity index (χ1v) is 34.8. The second kappa shape index (κ2) is 20.7. The lowest BCUT2D eigenvalue weighted by Crippen LogP contribution is -2.47. The van der Waals surface area contributed by atoms with Gasteiger partial charge in [-0.2, -0.15) is 18.3 Å². The number of allylic oxidation sites excluding steroid dienone is 4. The second-order valence-electron chi connectivity index (χ2n) is 32.2. The Morgan fingerprint density at radius 3 is 1.11 bits per heavy atom. The molecule has 0 atom stereocenters. The van der Waals surface area contributed by atoms with Gasteiger partial charge in [-0.05, 0) is 185 Å². The van der Waals surface area contributed by atoms with Crippen molar-refractivity contribution in [3.63, 3.8) is 0 Å². The van der Waals surface area contributed by atoms with Crippen molar-refractivity contribution in [2.24, 2.45) is 0 Å². The van der Waals surface area contributed by atoms with Gasteiger partial charge in [-0.25, -0.2) is 0 Å². The topological polar surface area (TPSA) is 15.5 Å². The van der Waals surface area contributed by atoms with Crippen LogP contribution in [0.15, 0.2) is 231 Å². The molecule has 4 nitrogen and oxygen atoms in total. The van der Waals surface area contributed by atoms with Gasteiger partial charge < -0.3 is 0 Å². The first-order chi connectivity index (χ1) is 46.1. The Labute approximate surface area is 564 Å². The molecule has 10 aromatic carbocycles. The largest absolute Gasteiger partial charge is 0.259 e. The molecule has 8 heterocycles. The SMILES string of the molecule is CC(C)(C)c1ccc2c(c1)C/C(=C1/Cc3cc4c5ccccc5c5ccc(-c6cc[n+]7c(c6)-c6ccccc6C/C7=C6/Cc7cc8c9ccccc9c9ccccc9c8cc7-c7cc(C(C)(C)C)cc[n+]76)cc5c4cc3-c3cc(C(C)(C)C)cc[n+]31)[n+]1cc(C(C)(C)C)ccc1-2. The third-order valence-electron chi connectivity index (χ3n) is 22.1. The molecule has 0 saturated heterocycles. The summed E-state index contributed by atoms with van der Waals surface area (Å²) in [4.78, 5) is 0. The summed E-state index contributed by atoms with van der Waals surface area (Å²) in [5.41, 5.74) is 28.7. The molecule has 0 aliphatic carbocycles. The molecule has 4 aliphatic heterocycles. The van der Waals surface area contributed by atoms with Crippen LogP contribution in [0.2, 0.25) is 0 Å². The molecule has 4 aromatic heterocycles. The lowest BCUT2D eigenvalue weighted by atomic mass is 9.81. The molecule has 0 saturated carbocycles. The van der Waals surface area contributed by atoms with E-state index in [0.717, 1.165) is 25.7 Å². The lowest BCUT2D eigenvalue weighted by Gasteiger charge is -2.26. The summed E-state index contributed by atoms with van der Waals surface area (Å²) in [6.07, 6.45) is 12.8. The highest BCUT2D eigenvalue weighted by atomic mass is 15.1. The molecule has 14 aromatic rings. The number of pyridine rings is 4. The molecule has 466 valence electrons. The molecule has 0 N–H and O–H groups in total. The van der Waals surface area contributed by atoms with Crippen molar-refractivity contribution in [1.82, 2.24) is 0 Å². The van der Waals surface area contributed by atoms with Crippen LogP contribution < -0.4 is 18.3 Å². The molecule has 96 heavy (non-hydrogen) atoms. The Hall–Kier alpha value is -10.2. The third-order valence-corrected chi connectivity index (χ3v) is 22.1. The zero-order valence-corrected chi connectivity index (χ0v) is 57.6. The molecule has 0 unspecified atom stereocenters. The normalized spacial score (nSPS) is 15.9. The fraction of sp³-hybridized carbons (Fsp3) is 0.217. The summed E-state index contributed by atoms with van der Waals surface area (Å²) < 4.78 is 10.2. The van der Waals surface area contributed by atoms with Gasteiger partial charge in [0.2, 0.25) is 22.8 Å². The van der Waals surface area contributed by atoms with E-state index in [1.54, 1.807) is 0 Å². The number of rotatable bonds is 1. The zero-order valence-electron chi connectivity index (χ0n) is 57.6. The standard InChI is InChI=1S/C92H82N4/c1-89(2,3)61-30-33-66-58(41-61)47-88(96-54-64(92(10,11)12)31-34-81(66)96)87-49-60-44-78-71-27-19-17-25-69(71)73-32-29-55(42-76(73)80(78)53-75(60)84-51-63(91(7,8)9)37-40-95(84)87)56-35-38-93-82(45-56)65-22-14-13-21-57(65)46-85(93)86-48-59-43-77-70-26-18-15-23-67(70)68-24-16-20-28-72(68)79(77)52-74(59)83-50-62(90(4,5)6)36-39-94(83)86/h13-45,50-54H,46-49H2,1-12H3/q+4/b86-85+,88-87+. The van der Waals surface area contributed by atoms with Gasteiger partial charge in [-0.15, -0.1) is 0 Å². The number of hydrogen-bond acceptors (Lipinski definition) is 0. The van der Waals surface area contributed by atoms with Crippen molar-refractivity contribution < 1.29 is 18.3 Å². The van der Waals surface area contributed by atoms with Crippen molar-refractivity contribution >= 4 is 87.4 Å². The van der Waals surface area contributed by atoms with E-state index in [4.69, 9.17) is 0 Å². The highest BCUT2D eigenvalue weighted by molar-refractivity contribution is 6.27. The lowest BCUT2D eigenvalue weighted by molar-refractivity contribution is -0.602. The summed E-state index contributed by atoms with van der Waals surface area (Å²) in [6.45, 7) is 28.1. The minimum Gasteiger partial charge on any atom is -0.158 e. The fourth-order valence-electron chi connectivity index (χ4n) is 16.7. The van der Waals surface area contributed by atoms with Crippen molar-refractivity contribution in [1.29, 1.82) is 0 Å². The van der Waals surface area contributed by atoms with Crippen LogP contribution in [0.5, 0.6) is 0 Å². The van der Waals surface area contributed by atoms with Gasteiger partial charge in [0, 0.05) is 48.0 Å². The summed E-state index contributed by atoms with van der Waals surface area (Å²) in [7, 11) is 0. The maximum atomic E-state index is 2.58. The first kappa shape index (κ1) is 58.4. The predicted molar refractivity (Wildman–Crippen MR) is 401 cm³/mol. The smallest absolute Gasteiger partial charge is 0.158 e. The zero-order chi connectivity index (χ0) is 65.6. The monoisotopic (exact) mass is 1240 g/mol. The number of benzene rings is 10. The van der Waals surface area contributed by atoms with E-state index in [1.165, 1.54) is 188 Å². The van der Waals surface area contributed by atoms with E-state index in [0.29, 0.717) is 0 Å². The molecular weight excluding hydrogens is 1160 g/mol. The van der Waals surface area contributed by atoms with Crippen LogP contribution in [0, 0.1) is 0 Å². The van der Waals surface area contributed by atoms with E-state index in [-0.39, 0.29) is 21.7 Å². The number of aromatic nitrogens is 4. The van der Waals surface area contributed by atoms with E-state index < -0.39 is 0 Å². The van der Waals surface area contributed by atoms with Crippen LogP contribution in [0.1, 0.15) is 128 Å². The Balaban J connectivity index is 0.818. The van der Waals surface area contributed by atoms with E-state index in [1.807, 2.05) is 0 Å². The van der Waals surface area contributed by atoms with Gasteiger partial charge >= 0.3 is 0 Å².